The molecule has 0 aliphatic rings. The average molecular weight is 349 g/mol. The van der Waals surface area contributed by atoms with Crippen molar-refractivity contribution in [3.63, 3.8) is 0 Å². The SMILES string of the molecule is CCc1ccc(NC(=O)c2nc3cc(C)c(C)cc3n(CC)c2=O)cc1. The Hall–Kier alpha value is -2.95. The average Bonchev–Trinajstić information content (AvgIpc) is 2.63. The van der Waals surface area contributed by atoms with E-state index < -0.39 is 5.91 Å². The Morgan fingerprint density at radius 2 is 1.73 bits per heavy atom. The predicted octanol–water partition coefficient (Wildman–Crippen LogP) is 3.85. The molecule has 0 aliphatic carbocycles. The molecule has 2 aromatic carbocycles. The van der Waals surface area contributed by atoms with E-state index in [2.05, 4.69) is 17.2 Å². The first-order valence-electron chi connectivity index (χ1n) is 8.86. The molecule has 0 fully saturated rings. The van der Waals surface area contributed by atoms with Crippen molar-refractivity contribution < 1.29 is 4.79 Å². The summed E-state index contributed by atoms with van der Waals surface area (Å²) in [4.78, 5) is 29.8. The molecule has 1 N–H and O–H groups in total. The van der Waals surface area contributed by atoms with Gasteiger partial charge in [-0.05, 0) is 68.1 Å². The number of nitrogens with zero attached hydrogens (tertiary/aromatic N) is 2. The van der Waals surface area contributed by atoms with Crippen LogP contribution >= 0.6 is 0 Å². The number of anilines is 1. The second-order valence-electron chi connectivity index (χ2n) is 6.44. The van der Waals surface area contributed by atoms with Crippen LogP contribution in [-0.4, -0.2) is 15.5 Å². The van der Waals surface area contributed by atoms with Gasteiger partial charge in [-0.3, -0.25) is 9.59 Å². The summed E-state index contributed by atoms with van der Waals surface area (Å²) in [5, 5.41) is 2.78. The highest BCUT2D eigenvalue weighted by Crippen LogP contribution is 2.18. The number of nitrogens with one attached hydrogen (secondary N) is 1. The van der Waals surface area contributed by atoms with E-state index in [0.29, 0.717) is 17.7 Å². The maximum absolute atomic E-state index is 12.8. The third-order valence-electron chi connectivity index (χ3n) is 4.71. The van der Waals surface area contributed by atoms with Crippen LogP contribution in [0.25, 0.3) is 11.0 Å². The zero-order chi connectivity index (χ0) is 18.8. The minimum atomic E-state index is -0.485. The molecule has 1 amide bonds. The zero-order valence-electron chi connectivity index (χ0n) is 15.6. The van der Waals surface area contributed by atoms with Gasteiger partial charge < -0.3 is 9.88 Å². The van der Waals surface area contributed by atoms with Crippen molar-refractivity contribution in [2.75, 3.05) is 5.32 Å². The lowest BCUT2D eigenvalue weighted by Crippen LogP contribution is -2.31. The van der Waals surface area contributed by atoms with Crippen LogP contribution < -0.4 is 10.9 Å². The molecule has 5 heteroatoms. The summed E-state index contributed by atoms with van der Waals surface area (Å²) in [6.07, 6.45) is 0.931. The van der Waals surface area contributed by atoms with E-state index in [1.54, 1.807) is 4.57 Å². The van der Waals surface area contributed by atoms with Gasteiger partial charge in [0, 0.05) is 12.2 Å². The molecule has 0 bridgehead atoms. The Kier molecular flexibility index (Phi) is 4.89. The van der Waals surface area contributed by atoms with E-state index in [0.717, 1.165) is 23.1 Å². The molecule has 134 valence electrons. The van der Waals surface area contributed by atoms with Crippen LogP contribution in [0.4, 0.5) is 5.69 Å². The van der Waals surface area contributed by atoms with Crippen molar-refractivity contribution in [3.8, 4) is 0 Å². The number of rotatable bonds is 4. The van der Waals surface area contributed by atoms with E-state index in [-0.39, 0.29) is 11.3 Å². The number of carbonyl (C=O) groups is 1. The van der Waals surface area contributed by atoms with Crippen LogP contribution in [0, 0.1) is 13.8 Å². The Morgan fingerprint density at radius 1 is 1.08 bits per heavy atom. The van der Waals surface area contributed by atoms with Crippen molar-refractivity contribution in [2.24, 2.45) is 0 Å². The number of carbonyl (C=O) groups excluding carboxylic acids is 1. The lowest BCUT2D eigenvalue weighted by Gasteiger charge is -2.12. The predicted molar refractivity (Wildman–Crippen MR) is 105 cm³/mol. The molecular formula is C21H23N3O2. The number of fused-ring (bicyclic) bond motifs is 1. The lowest BCUT2D eigenvalue weighted by molar-refractivity contribution is 0.102. The quantitative estimate of drug-likeness (QED) is 0.778. The number of aryl methyl sites for hydroxylation is 4. The Balaban J connectivity index is 2.05. The third-order valence-corrected chi connectivity index (χ3v) is 4.71. The molecule has 0 saturated heterocycles. The monoisotopic (exact) mass is 349 g/mol. The first kappa shape index (κ1) is 17.9. The largest absolute Gasteiger partial charge is 0.320 e. The summed E-state index contributed by atoms with van der Waals surface area (Å²) >= 11 is 0. The first-order chi connectivity index (χ1) is 12.4. The highest BCUT2D eigenvalue weighted by molar-refractivity contribution is 6.03. The van der Waals surface area contributed by atoms with Gasteiger partial charge in [-0.1, -0.05) is 19.1 Å². The number of amides is 1. The number of benzene rings is 2. The van der Waals surface area contributed by atoms with Crippen LogP contribution in [0.15, 0.2) is 41.2 Å². The molecule has 1 aromatic heterocycles. The van der Waals surface area contributed by atoms with Gasteiger partial charge in [0.05, 0.1) is 11.0 Å². The maximum atomic E-state index is 12.8. The number of hydrogen-bond acceptors (Lipinski definition) is 3. The Labute approximate surface area is 152 Å². The summed E-state index contributed by atoms with van der Waals surface area (Å²) < 4.78 is 1.60. The summed E-state index contributed by atoms with van der Waals surface area (Å²) in [6.45, 7) is 8.43. The second-order valence-corrected chi connectivity index (χ2v) is 6.44. The minimum Gasteiger partial charge on any atom is -0.320 e. The van der Waals surface area contributed by atoms with E-state index in [9.17, 15) is 9.59 Å². The maximum Gasteiger partial charge on any atom is 0.282 e. The van der Waals surface area contributed by atoms with E-state index in [1.807, 2.05) is 57.2 Å². The lowest BCUT2D eigenvalue weighted by atomic mass is 10.1. The topological polar surface area (TPSA) is 64.0 Å². The van der Waals surface area contributed by atoms with Gasteiger partial charge in [-0.25, -0.2) is 4.98 Å². The smallest absolute Gasteiger partial charge is 0.282 e. The van der Waals surface area contributed by atoms with Crippen LogP contribution in [0.1, 0.15) is 41.0 Å². The van der Waals surface area contributed by atoms with Crippen molar-refractivity contribution in [3.05, 3.63) is 69.1 Å². The summed E-state index contributed by atoms with van der Waals surface area (Å²) in [5.74, 6) is -0.485. The van der Waals surface area contributed by atoms with Crippen molar-refractivity contribution >= 4 is 22.6 Å². The zero-order valence-corrected chi connectivity index (χ0v) is 15.6. The molecule has 0 spiro atoms. The minimum absolute atomic E-state index is 0.0813. The van der Waals surface area contributed by atoms with Crippen LogP contribution in [0.5, 0.6) is 0 Å². The van der Waals surface area contributed by atoms with Crippen LogP contribution in [0.2, 0.25) is 0 Å². The highest BCUT2D eigenvalue weighted by Gasteiger charge is 2.18. The van der Waals surface area contributed by atoms with E-state index in [4.69, 9.17) is 0 Å². The molecule has 0 atom stereocenters. The summed E-state index contributed by atoms with van der Waals surface area (Å²) in [6, 6.07) is 11.5. The molecule has 5 nitrogen and oxygen atoms in total. The second kappa shape index (κ2) is 7.12. The van der Waals surface area contributed by atoms with Crippen LogP contribution in [-0.2, 0) is 13.0 Å². The van der Waals surface area contributed by atoms with Gasteiger partial charge in [0.15, 0.2) is 5.69 Å². The molecule has 26 heavy (non-hydrogen) atoms. The molecule has 3 aromatic rings. The van der Waals surface area contributed by atoms with Gasteiger partial charge >= 0.3 is 0 Å². The van der Waals surface area contributed by atoms with Crippen molar-refractivity contribution in [2.45, 2.75) is 40.7 Å². The fourth-order valence-electron chi connectivity index (χ4n) is 2.97. The molecular weight excluding hydrogens is 326 g/mol. The van der Waals surface area contributed by atoms with Gasteiger partial charge in [0.1, 0.15) is 0 Å². The fourth-order valence-corrected chi connectivity index (χ4v) is 2.97. The fraction of sp³-hybridized carbons (Fsp3) is 0.286. The van der Waals surface area contributed by atoms with Crippen LogP contribution in [0.3, 0.4) is 0 Å². The number of hydrogen-bond donors (Lipinski definition) is 1. The molecule has 3 rings (SSSR count). The molecule has 0 radical (unpaired) electrons. The summed E-state index contributed by atoms with van der Waals surface area (Å²) in [7, 11) is 0. The van der Waals surface area contributed by atoms with E-state index >= 15 is 0 Å². The standard InChI is InChI=1S/C21H23N3O2/c1-5-15-7-9-16(10-8-15)22-20(25)19-21(26)24(6-2)18-12-14(4)13(3)11-17(18)23-19/h7-12H,5-6H2,1-4H3,(H,22,25). The number of aromatic nitrogens is 2. The molecule has 1 heterocycles. The first-order valence-corrected chi connectivity index (χ1v) is 8.86. The normalized spacial score (nSPS) is 10.9. The molecule has 0 aliphatic heterocycles. The van der Waals surface area contributed by atoms with Gasteiger partial charge in [0.25, 0.3) is 11.5 Å². The molecule has 0 saturated carbocycles. The molecule has 0 unspecified atom stereocenters. The van der Waals surface area contributed by atoms with Gasteiger partial charge in [-0.15, -0.1) is 0 Å². The summed E-state index contributed by atoms with van der Waals surface area (Å²) in [5.41, 5.74) is 4.96. The Bertz CT molecular complexity index is 1030. The Morgan fingerprint density at radius 3 is 2.35 bits per heavy atom. The highest BCUT2D eigenvalue weighted by atomic mass is 16.2. The van der Waals surface area contributed by atoms with Crippen molar-refractivity contribution in [1.29, 1.82) is 0 Å². The van der Waals surface area contributed by atoms with Crippen molar-refractivity contribution in [1.82, 2.24) is 9.55 Å². The third kappa shape index (κ3) is 3.25. The van der Waals surface area contributed by atoms with Gasteiger partial charge in [0.2, 0.25) is 0 Å². The van der Waals surface area contributed by atoms with Gasteiger partial charge in [-0.2, -0.15) is 0 Å². The van der Waals surface area contributed by atoms with E-state index in [1.165, 1.54) is 5.56 Å².